The minimum atomic E-state index is -0.364. The Labute approximate surface area is 173 Å². The van der Waals surface area contributed by atoms with E-state index in [1.807, 2.05) is 30.3 Å². The van der Waals surface area contributed by atoms with Gasteiger partial charge in [-0.1, -0.05) is 42.1 Å². The summed E-state index contributed by atoms with van der Waals surface area (Å²) in [7, 11) is 3.15. The summed E-state index contributed by atoms with van der Waals surface area (Å²) in [5, 5.41) is 11.0. The first-order valence-corrected chi connectivity index (χ1v) is 10.0. The molecule has 0 unspecified atom stereocenters. The number of carbonyl (C=O) groups excluding carboxylic acids is 1. The minimum Gasteiger partial charge on any atom is -0.497 e. The normalized spacial score (nSPS) is 11.7. The number of nitrogens with one attached hydrogen (secondary N) is 1. The summed E-state index contributed by atoms with van der Waals surface area (Å²) in [4.78, 5) is 12.3. The third-order valence-corrected chi connectivity index (χ3v) is 5.18. The Morgan fingerprint density at radius 2 is 1.93 bits per heavy atom. The number of thioether (sulfide) groups is 1. The van der Waals surface area contributed by atoms with Crippen LogP contribution < -0.4 is 14.8 Å². The average Bonchev–Trinajstić information content (AvgIpc) is 3.22. The molecule has 152 valence electrons. The van der Waals surface area contributed by atoms with E-state index in [-0.39, 0.29) is 11.2 Å². The second kappa shape index (κ2) is 9.97. The molecule has 0 saturated heterocycles. The molecule has 29 heavy (non-hydrogen) atoms. The molecule has 3 rings (SSSR count). The van der Waals surface area contributed by atoms with Gasteiger partial charge in [-0.05, 0) is 31.0 Å². The van der Waals surface area contributed by atoms with Crippen molar-refractivity contribution < 1.29 is 18.7 Å². The van der Waals surface area contributed by atoms with Crippen LogP contribution in [-0.2, 0) is 11.2 Å². The molecule has 0 spiro atoms. The quantitative estimate of drug-likeness (QED) is 0.537. The summed E-state index contributed by atoms with van der Waals surface area (Å²) in [6, 6.07) is 15.4. The van der Waals surface area contributed by atoms with Crippen molar-refractivity contribution in [1.82, 2.24) is 15.5 Å². The predicted molar refractivity (Wildman–Crippen MR) is 111 cm³/mol. The van der Waals surface area contributed by atoms with E-state index in [0.29, 0.717) is 34.7 Å². The van der Waals surface area contributed by atoms with Gasteiger partial charge in [-0.3, -0.25) is 4.79 Å². The Morgan fingerprint density at radius 3 is 2.66 bits per heavy atom. The molecule has 0 aliphatic heterocycles. The van der Waals surface area contributed by atoms with Crippen LogP contribution in [0.2, 0.25) is 0 Å². The molecule has 3 aromatic rings. The van der Waals surface area contributed by atoms with Crippen molar-refractivity contribution in [3.8, 4) is 23.0 Å². The zero-order valence-electron chi connectivity index (χ0n) is 16.5. The highest BCUT2D eigenvalue weighted by Gasteiger charge is 2.20. The van der Waals surface area contributed by atoms with E-state index in [0.717, 1.165) is 6.42 Å². The van der Waals surface area contributed by atoms with Gasteiger partial charge in [0.25, 0.3) is 11.1 Å². The fourth-order valence-electron chi connectivity index (χ4n) is 2.66. The highest BCUT2D eigenvalue weighted by Crippen LogP contribution is 2.34. The third kappa shape index (κ3) is 5.51. The molecule has 1 atom stereocenters. The van der Waals surface area contributed by atoms with Crippen molar-refractivity contribution in [2.75, 3.05) is 20.8 Å². The monoisotopic (exact) mass is 413 g/mol. The molecule has 2 aromatic carbocycles. The van der Waals surface area contributed by atoms with Gasteiger partial charge < -0.3 is 19.2 Å². The topological polar surface area (TPSA) is 86.5 Å². The molecule has 0 aliphatic rings. The Balaban J connectivity index is 1.57. The highest BCUT2D eigenvalue weighted by molar-refractivity contribution is 8.00. The van der Waals surface area contributed by atoms with Crippen LogP contribution >= 0.6 is 11.8 Å². The van der Waals surface area contributed by atoms with Gasteiger partial charge in [0.2, 0.25) is 5.91 Å². The number of aromatic nitrogens is 2. The number of benzene rings is 2. The first-order valence-electron chi connectivity index (χ1n) is 9.15. The zero-order chi connectivity index (χ0) is 20.6. The van der Waals surface area contributed by atoms with Crippen LogP contribution in [0.1, 0.15) is 12.5 Å². The third-order valence-electron chi connectivity index (χ3n) is 4.25. The summed E-state index contributed by atoms with van der Waals surface area (Å²) >= 11 is 1.22. The van der Waals surface area contributed by atoms with Gasteiger partial charge in [0.15, 0.2) is 0 Å². The molecule has 0 saturated carbocycles. The number of hydrogen-bond donors (Lipinski definition) is 1. The minimum absolute atomic E-state index is 0.0762. The lowest BCUT2D eigenvalue weighted by Crippen LogP contribution is -2.32. The number of hydrogen-bond acceptors (Lipinski definition) is 7. The van der Waals surface area contributed by atoms with Gasteiger partial charge in [-0.15, -0.1) is 10.2 Å². The maximum absolute atomic E-state index is 12.3. The van der Waals surface area contributed by atoms with Crippen LogP contribution in [-0.4, -0.2) is 42.1 Å². The Hall–Kier alpha value is -3.00. The summed E-state index contributed by atoms with van der Waals surface area (Å²) in [6.45, 7) is 2.38. The number of carbonyl (C=O) groups is 1. The van der Waals surface area contributed by atoms with Gasteiger partial charge in [-0.25, -0.2) is 0 Å². The van der Waals surface area contributed by atoms with E-state index < -0.39 is 0 Å². The van der Waals surface area contributed by atoms with Crippen LogP contribution in [0.4, 0.5) is 0 Å². The van der Waals surface area contributed by atoms with Crippen LogP contribution in [0.25, 0.3) is 11.5 Å². The van der Waals surface area contributed by atoms with Crippen LogP contribution in [0.5, 0.6) is 11.5 Å². The van der Waals surface area contributed by atoms with Crippen molar-refractivity contribution in [2.24, 2.45) is 0 Å². The standard InChI is InChI=1S/C21H23N3O4S/c1-14(19(25)22-12-11-15-7-5-4-6-8-15)29-21-24-23-20(28-21)17-10-9-16(26-2)13-18(17)27-3/h4-10,13-14H,11-12H2,1-3H3,(H,22,25)/t14-/m0/s1. The average molecular weight is 413 g/mol. The lowest BCUT2D eigenvalue weighted by Gasteiger charge is -2.10. The highest BCUT2D eigenvalue weighted by atomic mass is 32.2. The maximum Gasteiger partial charge on any atom is 0.277 e. The zero-order valence-corrected chi connectivity index (χ0v) is 17.4. The van der Waals surface area contributed by atoms with Crippen molar-refractivity contribution in [1.29, 1.82) is 0 Å². The van der Waals surface area contributed by atoms with E-state index in [1.54, 1.807) is 39.3 Å². The van der Waals surface area contributed by atoms with E-state index in [4.69, 9.17) is 13.9 Å². The number of rotatable bonds is 9. The van der Waals surface area contributed by atoms with Crippen LogP contribution in [0.3, 0.4) is 0 Å². The summed E-state index contributed by atoms with van der Waals surface area (Å²) in [6.07, 6.45) is 0.784. The van der Waals surface area contributed by atoms with Crippen molar-refractivity contribution in [2.45, 2.75) is 23.8 Å². The van der Waals surface area contributed by atoms with E-state index in [9.17, 15) is 4.79 Å². The lowest BCUT2D eigenvalue weighted by atomic mass is 10.1. The summed E-state index contributed by atoms with van der Waals surface area (Å²) in [5.74, 6) is 1.48. The van der Waals surface area contributed by atoms with Gasteiger partial charge in [0.05, 0.1) is 25.0 Å². The Morgan fingerprint density at radius 1 is 1.14 bits per heavy atom. The molecule has 1 N–H and O–H groups in total. The van der Waals surface area contributed by atoms with E-state index in [2.05, 4.69) is 15.5 Å². The fraction of sp³-hybridized carbons (Fsp3) is 0.286. The summed E-state index contributed by atoms with van der Waals surface area (Å²) < 4.78 is 16.3. The smallest absolute Gasteiger partial charge is 0.277 e. The molecule has 1 heterocycles. The molecule has 0 bridgehead atoms. The fourth-order valence-corrected chi connectivity index (χ4v) is 3.37. The largest absolute Gasteiger partial charge is 0.497 e. The molecule has 0 radical (unpaired) electrons. The molecular formula is C21H23N3O4S. The van der Waals surface area contributed by atoms with Crippen molar-refractivity contribution in [3.05, 3.63) is 54.1 Å². The second-order valence-corrected chi connectivity index (χ2v) is 7.52. The molecule has 7 nitrogen and oxygen atoms in total. The molecule has 1 amide bonds. The van der Waals surface area contributed by atoms with Gasteiger partial charge in [-0.2, -0.15) is 0 Å². The van der Waals surface area contributed by atoms with E-state index >= 15 is 0 Å². The number of amides is 1. The Bertz CT molecular complexity index is 946. The molecule has 0 fully saturated rings. The van der Waals surface area contributed by atoms with Crippen LogP contribution in [0, 0.1) is 0 Å². The maximum atomic E-state index is 12.3. The number of ether oxygens (including phenoxy) is 2. The Kier molecular flexibility index (Phi) is 7.13. The predicted octanol–water partition coefficient (Wildman–Crippen LogP) is 3.59. The number of nitrogens with zero attached hydrogens (tertiary/aromatic N) is 2. The first kappa shape index (κ1) is 20.7. The molecule has 8 heteroatoms. The molecule has 0 aliphatic carbocycles. The van der Waals surface area contributed by atoms with E-state index in [1.165, 1.54) is 17.3 Å². The summed E-state index contributed by atoms with van der Waals surface area (Å²) in [5.41, 5.74) is 1.84. The number of methoxy groups -OCH3 is 2. The lowest BCUT2D eigenvalue weighted by molar-refractivity contribution is -0.120. The van der Waals surface area contributed by atoms with Crippen molar-refractivity contribution in [3.63, 3.8) is 0 Å². The molecule has 1 aromatic heterocycles. The molecular weight excluding hydrogens is 390 g/mol. The first-order chi connectivity index (χ1) is 14.1. The van der Waals surface area contributed by atoms with Gasteiger partial charge in [0, 0.05) is 12.6 Å². The second-order valence-electron chi connectivity index (χ2n) is 6.23. The van der Waals surface area contributed by atoms with Gasteiger partial charge in [0.1, 0.15) is 11.5 Å². The van der Waals surface area contributed by atoms with Gasteiger partial charge >= 0.3 is 0 Å². The van der Waals surface area contributed by atoms with Crippen LogP contribution in [0.15, 0.2) is 58.2 Å². The van der Waals surface area contributed by atoms with Crippen molar-refractivity contribution >= 4 is 17.7 Å². The SMILES string of the molecule is COc1ccc(-c2nnc(S[C@@H](C)C(=O)NCCc3ccccc3)o2)c(OC)c1.